The Morgan fingerprint density at radius 1 is 1.13 bits per heavy atom. The highest BCUT2D eigenvalue weighted by Crippen LogP contribution is 2.37. The number of nitrogens with one attached hydrogen (secondary N) is 1. The number of hydrogen-bond acceptors (Lipinski definition) is 8. The quantitative estimate of drug-likeness (QED) is 0.398. The largest absolute Gasteiger partial charge is 0.378 e. The molecule has 0 aliphatic rings. The molecule has 0 amide bonds. The number of rotatable bonds is 9. The third-order valence-electron chi connectivity index (χ3n) is 4.55. The molecule has 3 N–H and O–H groups in total. The first-order valence-electron chi connectivity index (χ1n) is 9.49. The first-order valence-corrected chi connectivity index (χ1v) is 11.1. The molecule has 4 aromatic rings. The Morgan fingerprint density at radius 2 is 1.93 bits per heavy atom. The number of ether oxygens (including phenoxy) is 1. The minimum absolute atomic E-state index is 0.0898. The maximum atomic E-state index is 12.6. The topological polar surface area (TPSA) is 86.0 Å². The monoisotopic (exact) mass is 443 g/mol. The summed E-state index contributed by atoms with van der Waals surface area (Å²) in [5, 5.41) is 5.04. The lowest BCUT2D eigenvalue weighted by molar-refractivity contribution is 0.182. The zero-order valence-corrected chi connectivity index (χ0v) is 18.1. The molecule has 0 fully saturated rings. The van der Waals surface area contributed by atoms with Gasteiger partial charge < -0.3 is 15.8 Å². The average molecular weight is 444 g/mol. The molecular weight excluding hydrogens is 421 g/mol. The molecule has 4 rings (SSSR count). The molecule has 1 aromatic carbocycles. The van der Waals surface area contributed by atoms with E-state index in [1.807, 2.05) is 24.4 Å². The molecule has 0 bridgehead atoms. The van der Waals surface area contributed by atoms with Crippen LogP contribution in [0.5, 0.6) is 0 Å². The zero-order valence-electron chi connectivity index (χ0n) is 16.5. The summed E-state index contributed by atoms with van der Waals surface area (Å²) in [6, 6.07) is 9.27. The Kier molecular flexibility index (Phi) is 6.63. The first-order chi connectivity index (χ1) is 14.7. The fourth-order valence-corrected chi connectivity index (χ4v) is 5.07. The number of nitrogens with zero attached hydrogens (tertiary/aromatic N) is 3. The molecule has 0 saturated heterocycles. The Labute approximate surface area is 182 Å². The van der Waals surface area contributed by atoms with Gasteiger partial charge in [-0.05, 0) is 23.6 Å². The predicted octanol–water partition coefficient (Wildman–Crippen LogP) is 4.41. The average Bonchev–Trinajstić information content (AvgIpc) is 3.37. The van der Waals surface area contributed by atoms with Crippen molar-refractivity contribution in [2.75, 3.05) is 19.0 Å². The highest BCUT2D eigenvalue weighted by molar-refractivity contribution is 7.26. The molecule has 0 radical (unpaired) electrons. The predicted molar refractivity (Wildman–Crippen MR) is 121 cm³/mol. The van der Waals surface area contributed by atoms with Gasteiger partial charge in [0.1, 0.15) is 11.7 Å². The van der Waals surface area contributed by atoms with E-state index >= 15 is 0 Å². The van der Waals surface area contributed by atoms with Crippen LogP contribution >= 0.6 is 22.7 Å². The molecule has 3 aromatic heterocycles. The van der Waals surface area contributed by atoms with E-state index in [9.17, 15) is 4.39 Å². The van der Waals surface area contributed by atoms with E-state index in [1.165, 1.54) is 0 Å². The van der Waals surface area contributed by atoms with Crippen molar-refractivity contribution in [2.45, 2.75) is 25.7 Å². The first kappa shape index (κ1) is 20.8. The summed E-state index contributed by atoms with van der Waals surface area (Å²) in [5.74, 6) is 0. The fourth-order valence-electron chi connectivity index (χ4n) is 3.06. The van der Waals surface area contributed by atoms with Crippen molar-refractivity contribution in [1.29, 1.82) is 0 Å². The van der Waals surface area contributed by atoms with Crippen molar-refractivity contribution in [3.8, 4) is 9.88 Å². The van der Waals surface area contributed by atoms with Crippen molar-refractivity contribution >= 4 is 38.0 Å². The van der Waals surface area contributed by atoms with Crippen LogP contribution in [0.15, 0.2) is 42.7 Å². The summed E-state index contributed by atoms with van der Waals surface area (Å²) >= 11 is 3.14. The summed E-state index contributed by atoms with van der Waals surface area (Å²) in [6.07, 6.45) is 4.27. The van der Waals surface area contributed by atoms with Gasteiger partial charge in [0.05, 0.1) is 27.4 Å². The number of anilines is 1. The van der Waals surface area contributed by atoms with Gasteiger partial charge in [-0.25, -0.2) is 14.4 Å². The van der Waals surface area contributed by atoms with Gasteiger partial charge in [0.2, 0.25) is 0 Å². The molecule has 9 heteroatoms. The zero-order chi connectivity index (χ0) is 20.9. The molecule has 1 atom stereocenters. The van der Waals surface area contributed by atoms with E-state index in [0.717, 1.165) is 36.5 Å². The van der Waals surface area contributed by atoms with Crippen molar-refractivity contribution in [2.24, 2.45) is 5.73 Å². The standard InChI is InChI=1S/C21H22FN5OS2/c1-28-12-17-19(20-26-16-6-7-24-11-18(16)29-20)30-21(27-17)25-10-15(23)8-13-2-4-14(9-22)5-3-13/h2-7,11,15H,8-10,12,23H2,1H3,(H,25,27)/t15-/m0/s1. The number of nitrogens with two attached hydrogens (primary N) is 1. The fraction of sp³-hybridized carbons (Fsp3) is 0.286. The molecule has 156 valence electrons. The van der Waals surface area contributed by atoms with E-state index in [0.29, 0.717) is 25.1 Å². The normalized spacial score (nSPS) is 12.4. The van der Waals surface area contributed by atoms with E-state index in [1.54, 1.807) is 48.1 Å². The third-order valence-corrected chi connectivity index (χ3v) is 6.77. The second-order valence-electron chi connectivity index (χ2n) is 6.89. The van der Waals surface area contributed by atoms with Gasteiger partial charge in [-0.1, -0.05) is 35.6 Å². The Balaban J connectivity index is 1.45. The number of pyridine rings is 1. The second kappa shape index (κ2) is 9.57. The van der Waals surface area contributed by atoms with Crippen LogP contribution in [0.25, 0.3) is 20.1 Å². The molecule has 0 aliphatic heterocycles. The summed E-state index contributed by atoms with van der Waals surface area (Å²) in [6.45, 7) is 0.540. The molecular formula is C21H22FN5OS2. The summed E-state index contributed by atoms with van der Waals surface area (Å²) in [4.78, 5) is 14.6. The van der Waals surface area contributed by atoms with Gasteiger partial charge in [-0.3, -0.25) is 4.98 Å². The van der Waals surface area contributed by atoms with Crippen molar-refractivity contribution in [3.05, 3.63) is 59.5 Å². The molecule has 30 heavy (non-hydrogen) atoms. The number of methoxy groups -OCH3 is 1. The molecule has 3 heterocycles. The summed E-state index contributed by atoms with van der Waals surface area (Å²) in [5.41, 5.74) is 9.84. The number of benzene rings is 1. The van der Waals surface area contributed by atoms with Crippen LogP contribution in [0.1, 0.15) is 16.8 Å². The number of aromatic nitrogens is 3. The van der Waals surface area contributed by atoms with Gasteiger partial charge >= 0.3 is 0 Å². The number of hydrogen-bond donors (Lipinski definition) is 2. The molecule has 0 aliphatic carbocycles. The maximum Gasteiger partial charge on any atom is 0.183 e. The number of thiazole rings is 2. The lowest BCUT2D eigenvalue weighted by atomic mass is 10.1. The van der Waals surface area contributed by atoms with E-state index in [2.05, 4.69) is 15.3 Å². The Bertz CT molecular complexity index is 1080. The maximum absolute atomic E-state index is 12.6. The molecule has 0 saturated carbocycles. The van der Waals surface area contributed by atoms with Gasteiger partial charge in [0.25, 0.3) is 0 Å². The van der Waals surface area contributed by atoms with Gasteiger partial charge in [0.15, 0.2) is 5.13 Å². The van der Waals surface area contributed by atoms with Crippen LogP contribution in [0, 0.1) is 0 Å². The van der Waals surface area contributed by atoms with Crippen LogP contribution in [0.2, 0.25) is 0 Å². The summed E-state index contributed by atoms with van der Waals surface area (Å²) in [7, 11) is 1.66. The SMILES string of the molecule is COCc1nc(NC[C@@H](N)Cc2ccc(CF)cc2)sc1-c1nc2ccncc2s1. The van der Waals surface area contributed by atoms with E-state index in [-0.39, 0.29) is 6.04 Å². The van der Waals surface area contributed by atoms with Crippen molar-refractivity contribution < 1.29 is 9.13 Å². The van der Waals surface area contributed by atoms with Gasteiger partial charge in [0, 0.05) is 32.1 Å². The highest BCUT2D eigenvalue weighted by atomic mass is 32.1. The number of alkyl halides is 1. The van der Waals surface area contributed by atoms with Crippen LogP contribution < -0.4 is 11.1 Å². The smallest absolute Gasteiger partial charge is 0.183 e. The van der Waals surface area contributed by atoms with Crippen molar-refractivity contribution in [1.82, 2.24) is 15.0 Å². The van der Waals surface area contributed by atoms with Crippen molar-refractivity contribution in [3.63, 3.8) is 0 Å². The Hall–Kier alpha value is -2.46. The lowest BCUT2D eigenvalue weighted by Gasteiger charge is -2.12. The van der Waals surface area contributed by atoms with Gasteiger partial charge in [-0.2, -0.15) is 0 Å². The molecule has 0 spiro atoms. The lowest BCUT2D eigenvalue weighted by Crippen LogP contribution is -2.31. The van der Waals surface area contributed by atoms with E-state index < -0.39 is 6.67 Å². The minimum atomic E-state index is -0.449. The summed E-state index contributed by atoms with van der Waals surface area (Å²) < 4.78 is 19.0. The van der Waals surface area contributed by atoms with Crippen LogP contribution in [0.3, 0.4) is 0 Å². The third kappa shape index (κ3) is 4.81. The number of fused-ring (bicyclic) bond motifs is 1. The number of halogens is 1. The Morgan fingerprint density at radius 3 is 2.67 bits per heavy atom. The van der Waals surface area contributed by atoms with E-state index in [4.69, 9.17) is 15.5 Å². The minimum Gasteiger partial charge on any atom is -0.378 e. The van der Waals surface area contributed by atoms with Crippen LogP contribution in [0.4, 0.5) is 9.52 Å². The second-order valence-corrected chi connectivity index (χ2v) is 8.92. The van der Waals surface area contributed by atoms with Crippen LogP contribution in [-0.2, 0) is 24.4 Å². The highest BCUT2D eigenvalue weighted by Gasteiger charge is 2.17. The molecule has 0 unspecified atom stereocenters. The van der Waals surface area contributed by atoms with Crippen LogP contribution in [-0.4, -0.2) is 34.6 Å². The van der Waals surface area contributed by atoms with Gasteiger partial charge in [-0.15, -0.1) is 11.3 Å². The molecule has 6 nitrogen and oxygen atoms in total.